The summed E-state index contributed by atoms with van der Waals surface area (Å²) in [6, 6.07) is 24.3. The number of carbonyl (C=O) groups is 1. The Balaban J connectivity index is 0.000000276. The maximum Gasteiger partial charge on any atom is 0.195 e. The van der Waals surface area contributed by atoms with Gasteiger partial charge in [-0.05, 0) is 38.2 Å². The summed E-state index contributed by atoms with van der Waals surface area (Å²) in [5.74, 6) is 1.07. The van der Waals surface area contributed by atoms with Gasteiger partial charge in [-0.1, -0.05) is 123 Å². The zero-order valence-electron chi connectivity index (χ0n) is 21.9. The molecular weight excluding hydrogens is 420 g/mol. The van der Waals surface area contributed by atoms with Crippen molar-refractivity contribution in [3.8, 4) is 0 Å². The van der Waals surface area contributed by atoms with E-state index in [1.165, 1.54) is 16.7 Å². The topological polar surface area (TPSA) is 46.5 Å². The summed E-state index contributed by atoms with van der Waals surface area (Å²) in [7, 11) is 0. The van der Waals surface area contributed by atoms with E-state index in [2.05, 4.69) is 66.7 Å². The number of ether oxygens (including phenoxy) is 1. The third-order valence-corrected chi connectivity index (χ3v) is 4.69. The Bertz CT molecular complexity index is 888. The second-order valence-electron chi connectivity index (χ2n) is 9.53. The predicted octanol–water partition coefficient (Wildman–Crippen LogP) is 7.53. The molecule has 0 fully saturated rings. The number of aliphatic hydroxyl groups excluding tert-OH is 1. The first-order chi connectivity index (χ1) is 16.1. The van der Waals surface area contributed by atoms with E-state index >= 15 is 0 Å². The van der Waals surface area contributed by atoms with Crippen molar-refractivity contribution in [1.82, 2.24) is 0 Å². The number of ketones is 1. The Kier molecular flexibility index (Phi) is 13.8. The third kappa shape index (κ3) is 12.5. The van der Waals surface area contributed by atoms with Crippen LogP contribution in [0.5, 0.6) is 0 Å². The molecule has 184 valence electrons. The summed E-state index contributed by atoms with van der Waals surface area (Å²) in [4.78, 5) is 11.9. The molecular formula is C31H42O3. The zero-order chi connectivity index (χ0) is 25.5. The normalized spacial score (nSPS) is 11.2. The largest absolute Gasteiger partial charge is 0.381 e. The second kappa shape index (κ2) is 16.0. The summed E-state index contributed by atoms with van der Waals surface area (Å²) in [6.45, 7) is 16.8. The Hall–Kier alpha value is -2.75. The zero-order valence-corrected chi connectivity index (χ0v) is 21.9. The summed E-state index contributed by atoms with van der Waals surface area (Å²) in [6.07, 6.45) is -1.08. The molecule has 3 rings (SSSR count). The highest BCUT2D eigenvalue weighted by Gasteiger charge is 2.18. The molecule has 1 N–H and O–H groups in total. The van der Waals surface area contributed by atoms with Gasteiger partial charge in [-0.25, -0.2) is 0 Å². The number of carbonyl (C=O) groups excluding carboxylic acids is 1. The Morgan fingerprint density at radius 3 is 1.47 bits per heavy atom. The highest BCUT2D eigenvalue weighted by atomic mass is 16.5. The molecule has 0 aliphatic heterocycles. The van der Waals surface area contributed by atoms with Gasteiger partial charge in [0.2, 0.25) is 0 Å². The molecule has 3 aromatic rings. The minimum atomic E-state index is -1.08. The lowest BCUT2D eigenvalue weighted by atomic mass is 10.0. The molecule has 34 heavy (non-hydrogen) atoms. The molecule has 0 aromatic heterocycles. The molecule has 0 aliphatic carbocycles. The van der Waals surface area contributed by atoms with Crippen molar-refractivity contribution in [2.45, 2.75) is 54.6 Å². The summed E-state index contributed by atoms with van der Waals surface area (Å²) in [5.41, 5.74) is 5.21. The van der Waals surface area contributed by atoms with Gasteiger partial charge in [0.25, 0.3) is 0 Å². The summed E-state index contributed by atoms with van der Waals surface area (Å²) < 4.78 is 5.36. The van der Waals surface area contributed by atoms with Gasteiger partial charge in [0.05, 0.1) is 0 Å². The first-order valence-electron chi connectivity index (χ1n) is 12.0. The van der Waals surface area contributed by atoms with Crippen LogP contribution in [0.1, 0.15) is 66.4 Å². The van der Waals surface area contributed by atoms with Crippen LogP contribution < -0.4 is 0 Å². The lowest BCUT2D eigenvalue weighted by Crippen LogP contribution is -2.11. The molecule has 0 amide bonds. The molecule has 3 aromatic carbocycles. The molecule has 0 radical (unpaired) electrons. The van der Waals surface area contributed by atoms with Gasteiger partial charge >= 0.3 is 0 Å². The first kappa shape index (κ1) is 29.3. The second-order valence-corrected chi connectivity index (χ2v) is 9.53. The van der Waals surface area contributed by atoms with Gasteiger partial charge in [-0.15, -0.1) is 0 Å². The van der Waals surface area contributed by atoms with Crippen molar-refractivity contribution in [3.05, 3.63) is 107 Å². The molecule has 0 heterocycles. The highest BCUT2D eigenvalue weighted by Crippen LogP contribution is 2.17. The average Bonchev–Trinajstić information content (AvgIpc) is 2.79. The van der Waals surface area contributed by atoms with E-state index in [-0.39, 0.29) is 5.78 Å². The highest BCUT2D eigenvalue weighted by molar-refractivity contribution is 5.99. The number of aryl methyl sites for hydroxylation is 3. The van der Waals surface area contributed by atoms with Crippen molar-refractivity contribution in [3.63, 3.8) is 0 Å². The number of aliphatic hydroxyl groups is 1. The van der Waals surface area contributed by atoms with Crippen molar-refractivity contribution in [2.75, 3.05) is 13.2 Å². The van der Waals surface area contributed by atoms with Crippen LogP contribution >= 0.6 is 0 Å². The SMILES string of the molecule is CC(C)COCC(C)C.Cc1cc(C)cc(C)c1.O=C(c1ccccc1)C(O)c1ccccc1. The number of hydrogen-bond donors (Lipinski definition) is 1. The van der Waals surface area contributed by atoms with E-state index < -0.39 is 6.10 Å². The molecule has 0 bridgehead atoms. The van der Waals surface area contributed by atoms with Crippen molar-refractivity contribution < 1.29 is 14.6 Å². The van der Waals surface area contributed by atoms with Gasteiger partial charge in [0.15, 0.2) is 5.78 Å². The van der Waals surface area contributed by atoms with Crippen molar-refractivity contribution >= 4 is 5.78 Å². The smallest absolute Gasteiger partial charge is 0.195 e. The van der Waals surface area contributed by atoms with E-state index in [1.54, 1.807) is 48.5 Å². The fourth-order valence-corrected chi connectivity index (χ4v) is 3.29. The molecule has 0 saturated carbocycles. The fraction of sp³-hybridized carbons (Fsp3) is 0.387. The van der Waals surface area contributed by atoms with Crippen LogP contribution in [0.25, 0.3) is 0 Å². The predicted molar refractivity (Wildman–Crippen MR) is 143 cm³/mol. The molecule has 0 aliphatic rings. The Labute approximate surface area is 206 Å². The van der Waals surface area contributed by atoms with E-state index in [4.69, 9.17) is 4.74 Å². The van der Waals surface area contributed by atoms with Crippen molar-refractivity contribution in [2.24, 2.45) is 11.8 Å². The quantitative estimate of drug-likeness (QED) is 0.369. The van der Waals surface area contributed by atoms with Gasteiger partial charge in [0.1, 0.15) is 6.10 Å². The van der Waals surface area contributed by atoms with Gasteiger partial charge in [-0.2, -0.15) is 0 Å². The van der Waals surface area contributed by atoms with Gasteiger partial charge in [0, 0.05) is 18.8 Å². The average molecular weight is 463 g/mol. The van der Waals surface area contributed by atoms with Crippen LogP contribution in [0, 0.1) is 32.6 Å². The fourth-order valence-electron chi connectivity index (χ4n) is 3.29. The Morgan fingerprint density at radius 1 is 0.706 bits per heavy atom. The summed E-state index contributed by atoms with van der Waals surface area (Å²) in [5, 5.41) is 9.89. The minimum Gasteiger partial charge on any atom is -0.381 e. The van der Waals surface area contributed by atoms with E-state index in [1.807, 2.05) is 12.1 Å². The van der Waals surface area contributed by atoms with Gasteiger partial charge < -0.3 is 9.84 Å². The third-order valence-electron chi connectivity index (χ3n) is 4.69. The van der Waals surface area contributed by atoms with Crippen LogP contribution in [0.2, 0.25) is 0 Å². The van der Waals surface area contributed by atoms with Crippen molar-refractivity contribution in [1.29, 1.82) is 0 Å². The number of hydrogen-bond acceptors (Lipinski definition) is 3. The molecule has 3 nitrogen and oxygen atoms in total. The molecule has 3 heteroatoms. The Morgan fingerprint density at radius 2 is 1.09 bits per heavy atom. The number of rotatable bonds is 7. The maximum atomic E-state index is 11.9. The van der Waals surface area contributed by atoms with Crippen LogP contribution in [-0.4, -0.2) is 24.1 Å². The number of Topliss-reactive ketones (excluding diaryl/α,β-unsaturated/α-hetero) is 1. The molecule has 0 saturated heterocycles. The minimum absolute atomic E-state index is 0.271. The number of benzene rings is 3. The van der Waals surface area contributed by atoms with Crippen LogP contribution in [-0.2, 0) is 4.74 Å². The van der Waals surface area contributed by atoms with Crippen LogP contribution in [0.3, 0.4) is 0 Å². The van der Waals surface area contributed by atoms with Gasteiger partial charge in [-0.3, -0.25) is 4.79 Å². The standard InChI is InChI=1S/C14H12O2.C9H12.C8H18O/c15-13(11-7-3-1-4-8-11)14(16)12-9-5-2-6-10-12;1-7-4-8(2)6-9(3)5-7;1-7(2)5-9-6-8(3)4/h1-10,13,15H;4-6H,1-3H3;7-8H,5-6H2,1-4H3. The lowest BCUT2D eigenvalue weighted by Gasteiger charge is -2.09. The monoisotopic (exact) mass is 462 g/mol. The van der Waals surface area contributed by atoms with Crippen LogP contribution in [0.15, 0.2) is 78.9 Å². The van der Waals surface area contributed by atoms with E-state index in [9.17, 15) is 9.90 Å². The molecule has 0 spiro atoms. The lowest BCUT2D eigenvalue weighted by molar-refractivity contribution is 0.0747. The first-order valence-corrected chi connectivity index (χ1v) is 12.0. The maximum absolute atomic E-state index is 11.9. The van der Waals surface area contributed by atoms with E-state index in [0.717, 1.165) is 13.2 Å². The van der Waals surface area contributed by atoms with E-state index in [0.29, 0.717) is 23.0 Å². The summed E-state index contributed by atoms with van der Waals surface area (Å²) >= 11 is 0. The molecule has 1 unspecified atom stereocenters. The molecule has 1 atom stereocenters. The van der Waals surface area contributed by atoms with Crippen LogP contribution in [0.4, 0.5) is 0 Å².